The molecule has 0 spiro atoms. The Labute approximate surface area is 102 Å². The molecular weight excluding hydrogens is 216 g/mol. The predicted octanol–water partition coefficient (Wildman–Crippen LogP) is 1.23. The summed E-state index contributed by atoms with van der Waals surface area (Å²) in [6.07, 6.45) is 0.807. The van der Waals surface area contributed by atoms with E-state index in [1.165, 1.54) is 0 Å². The van der Waals surface area contributed by atoms with E-state index < -0.39 is 6.04 Å². The molecule has 4 nitrogen and oxygen atoms in total. The molecule has 1 aromatic carbocycles. The van der Waals surface area contributed by atoms with Gasteiger partial charge in [-0.2, -0.15) is 0 Å². The quantitative estimate of drug-likeness (QED) is 0.700. The van der Waals surface area contributed by atoms with Crippen molar-refractivity contribution in [1.82, 2.24) is 5.32 Å². The topological polar surface area (TPSA) is 64.3 Å². The molecule has 0 aliphatic rings. The zero-order valence-corrected chi connectivity index (χ0v) is 10.2. The third-order valence-corrected chi connectivity index (χ3v) is 2.41. The molecule has 0 aliphatic carbocycles. The summed E-state index contributed by atoms with van der Waals surface area (Å²) in [5, 5.41) is 2.80. The van der Waals surface area contributed by atoms with E-state index >= 15 is 0 Å². The molecule has 0 aromatic heterocycles. The fourth-order valence-electron chi connectivity index (χ4n) is 1.45. The number of hydrogen-bond donors (Lipinski definition) is 2. The lowest BCUT2D eigenvalue weighted by atomic mass is 10.1. The van der Waals surface area contributed by atoms with E-state index in [-0.39, 0.29) is 5.91 Å². The van der Waals surface area contributed by atoms with Crippen LogP contribution in [0, 0.1) is 0 Å². The number of hydrogen-bond acceptors (Lipinski definition) is 3. The second-order valence-electron chi connectivity index (χ2n) is 3.73. The third-order valence-electron chi connectivity index (χ3n) is 2.41. The number of nitrogens with two attached hydrogens (primary N) is 1. The Balaban J connectivity index is 2.28. The van der Waals surface area contributed by atoms with Crippen molar-refractivity contribution in [3.8, 4) is 0 Å². The van der Waals surface area contributed by atoms with E-state index in [0.29, 0.717) is 19.8 Å². The molecule has 0 fully saturated rings. The summed E-state index contributed by atoms with van der Waals surface area (Å²) in [7, 11) is 0. The second kappa shape index (κ2) is 7.81. The van der Waals surface area contributed by atoms with Gasteiger partial charge in [-0.1, -0.05) is 30.3 Å². The van der Waals surface area contributed by atoms with E-state index in [1.54, 1.807) is 0 Å². The molecule has 0 saturated carbocycles. The molecule has 94 valence electrons. The van der Waals surface area contributed by atoms with Gasteiger partial charge in [0.1, 0.15) is 6.04 Å². The van der Waals surface area contributed by atoms with Gasteiger partial charge in [-0.05, 0) is 18.9 Å². The Morgan fingerprint density at radius 1 is 1.41 bits per heavy atom. The highest BCUT2D eigenvalue weighted by molar-refractivity contribution is 5.82. The number of rotatable bonds is 7. The average molecular weight is 236 g/mol. The Morgan fingerprint density at radius 3 is 2.76 bits per heavy atom. The summed E-state index contributed by atoms with van der Waals surface area (Å²) in [4.78, 5) is 11.7. The normalized spacial score (nSPS) is 12.1. The van der Waals surface area contributed by atoms with Crippen LogP contribution in [0.3, 0.4) is 0 Å². The molecule has 3 N–H and O–H groups in total. The minimum atomic E-state index is -0.594. The first-order valence-corrected chi connectivity index (χ1v) is 5.91. The minimum absolute atomic E-state index is 0.146. The van der Waals surface area contributed by atoms with Crippen molar-refractivity contribution in [2.75, 3.05) is 19.8 Å². The largest absolute Gasteiger partial charge is 0.382 e. The van der Waals surface area contributed by atoms with Crippen LogP contribution in [0.5, 0.6) is 0 Å². The maximum Gasteiger partial charge on any atom is 0.241 e. The summed E-state index contributed by atoms with van der Waals surface area (Å²) >= 11 is 0. The summed E-state index contributed by atoms with van der Waals surface area (Å²) in [6, 6.07) is 8.75. The van der Waals surface area contributed by atoms with Crippen LogP contribution in [-0.2, 0) is 9.53 Å². The minimum Gasteiger partial charge on any atom is -0.382 e. The zero-order chi connectivity index (χ0) is 12.5. The van der Waals surface area contributed by atoms with Gasteiger partial charge < -0.3 is 15.8 Å². The van der Waals surface area contributed by atoms with E-state index in [9.17, 15) is 4.79 Å². The highest BCUT2D eigenvalue weighted by atomic mass is 16.5. The van der Waals surface area contributed by atoms with Crippen LogP contribution in [0.2, 0.25) is 0 Å². The zero-order valence-electron chi connectivity index (χ0n) is 10.2. The molecule has 0 saturated heterocycles. The van der Waals surface area contributed by atoms with Gasteiger partial charge in [0.15, 0.2) is 0 Å². The van der Waals surface area contributed by atoms with Crippen LogP contribution in [0.1, 0.15) is 24.9 Å². The van der Waals surface area contributed by atoms with Crippen molar-refractivity contribution in [2.24, 2.45) is 5.73 Å². The second-order valence-corrected chi connectivity index (χ2v) is 3.73. The van der Waals surface area contributed by atoms with Gasteiger partial charge >= 0.3 is 0 Å². The summed E-state index contributed by atoms with van der Waals surface area (Å²) < 4.78 is 5.18. The highest BCUT2D eigenvalue weighted by Gasteiger charge is 2.14. The van der Waals surface area contributed by atoms with Crippen LogP contribution in [0.15, 0.2) is 30.3 Å². The van der Waals surface area contributed by atoms with Crippen molar-refractivity contribution < 1.29 is 9.53 Å². The van der Waals surface area contributed by atoms with Gasteiger partial charge in [-0.25, -0.2) is 0 Å². The lowest BCUT2D eigenvalue weighted by molar-refractivity contribution is -0.122. The Morgan fingerprint density at radius 2 is 2.12 bits per heavy atom. The molecule has 1 amide bonds. The predicted molar refractivity (Wildman–Crippen MR) is 67.5 cm³/mol. The Hall–Kier alpha value is -1.39. The fourth-order valence-corrected chi connectivity index (χ4v) is 1.45. The van der Waals surface area contributed by atoms with Gasteiger partial charge in [-0.3, -0.25) is 4.79 Å². The number of ether oxygens (including phenoxy) is 1. The van der Waals surface area contributed by atoms with Gasteiger partial charge in [0.05, 0.1) is 0 Å². The van der Waals surface area contributed by atoms with Crippen molar-refractivity contribution in [2.45, 2.75) is 19.4 Å². The molecule has 0 bridgehead atoms. The number of carbonyl (C=O) groups excluding carboxylic acids is 1. The first kappa shape index (κ1) is 13.7. The lowest BCUT2D eigenvalue weighted by Gasteiger charge is -2.12. The van der Waals surface area contributed by atoms with Crippen molar-refractivity contribution >= 4 is 5.91 Å². The highest BCUT2D eigenvalue weighted by Crippen LogP contribution is 2.08. The average Bonchev–Trinajstić information content (AvgIpc) is 2.38. The molecule has 4 heteroatoms. The van der Waals surface area contributed by atoms with Gasteiger partial charge in [0.2, 0.25) is 5.91 Å². The molecule has 1 rings (SSSR count). The number of carbonyl (C=O) groups is 1. The SMILES string of the molecule is CCOCCCNC(=O)C(N)c1ccccc1. The molecular formula is C13H20N2O2. The van der Waals surface area contributed by atoms with Gasteiger partial charge in [-0.15, -0.1) is 0 Å². The molecule has 1 aromatic rings. The Kier molecular flexibility index (Phi) is 6.29. The smallest absolute Gasteiger partial charge is 0.241 e. The van der Waals surface area contributed by atoms with E-state index in [2.05, 4.69) is 5.32 Å². The maximum atomic E-state index is 11.7. The first-order chi connectivity index (χ1) is 8.25. The number of amides is 1. The molecule has 1 atom stereocenters. The van der Waals surface area contributed by atoms with E-state index in [0.717, 1.165) is 12.0 Å². The number of nitrogens with one attached hydrogen (secondary N) is 1. The molecule has 0 aliphatic heterocycles. The Bertz CT molecular complexity index is 327. The molecule has 0 heterocycles. The summed E-state index contributed by atoms with van der Waals surface area (Å²) in [5.74, 6) is -0.146. The standard InChI is InChI=1S/C13H20N2O2/c1-2-17-10-6-9-15-13(16)12(14)11-7-4-3-5-8-11/h3-5,7-8,12H,2,6,9-10,14H2,1H3,(H,15,16). The lowest BCUT2D eigenvalue weighted by Crippen LogP contribution is -2.34. The van der Waals surface area contributed by atoms with Crippen LogP contribution in [0.25, 0.3) is 0 Å². The monoisotopic (exact) mass is 236 g/mol. The van der Waals surface area contributed by atoms with Gasteiger partial charge in [0.25, 0.3) is 0 Å². The summed E-state index contributed by atoms with van der Waals surface area (Å²) in [6.45, 7) is 3.91. The molecule has 0 radical (unpaired) electrons. The van der Waals surface area contributed by atoms with Crippen LogP contribution >= 0.6 is 0 Å². The van der Waals surface area contributed by atoms with Gasteiger partial charge in [0, 0.05) is 19.8 Å². The van der Waals surface area contributed by atoms with E-state index in [4.69, 9.17) is 10.5 Å². The van der Waals surface area contributed by atoms with Crippen LogP contribution in [0.4, 0.5) is 0 Å². The van der Waals surface area contributed by atoms with Crippen LogP contribution < -0.4 is 11.1 Å². The van der Waals surface area contributed by atoms with E-state index in [1.807, 2.05) is 37.3 Å². The summed E-state index contributed by atoms with van der Waals surface area (Å²) in [5.41, 5.74) is 6.66. The van der Waals surface area contributed by atoms with Crippen molar-refractivity contribution in [3.63, 3.8) is 0 Å². The van der Waals surface area contributed by atoms with Crippen molar-refractivity contribution in [3.05, 3.63) is 35.9 Å². The van der Waals surface area contributed by atoms with Crippen LogP contribution in [-0.4, -0.2) is 25.7 Å². The number of benzene rings is 1. The first-order valence-electron chi connectivity index (χ1n) is 5.91. The maximum absolute atomic E-state index is 11.7. The molecule has 17 heavy (non-hydrogen) atoms. The molecule has 1 unspecified atom stereocenters. The third kappa shape index (κ3) is 4.97. The van der Waals surface area contributed by atoms with Crippen molar-refractivity contribution in [1.29, 1.82) is 0 Å². The fraction of sp³-hybridized carbons (Fsp3) is 0.462.